The highest BCUT2D eigenvalue weighted by atomic mass is 32.2. The first-order valence-electron chi connectivity index (χ1n) is 6.71. The van der Waals surface area contributed by atoms with Crippen molar-refractivity contribution in [2.24, 2.45) is 10.9 Å². The Morgan fingerprint density at radius 3 is 3.20 bits per heavy atom. The monoisotopic (exact) mass is 290 g/mol. The van der Waals surface area contributed by atoms with Crippen molar-refractivity contribution in [3.63, 3.8) is 0 Å². The Bertz CT molecular complexity index is 491. The van der Waals surface area contributed by atoms with E-state index in [1.165, 1.54) is 5.56 Å². The number of aromatic nitrogens is 1. The van der Waals surface area contributed by atoms with Gasteiger partial charge >= 0.3 is 0 Å². The first kappa shape index (κ1) is 13.5. The topological polar surface area (TPSA) is 49.8 Å². The van der Waals surface area contributed by atoms with Crippen molar-refractivity contribution < 1.29 is 4.74 Å². The maximum absolute atomic E-state index is 5.21. The van der Waals surface area contributed by atoms with Crippen LogP contribution in [0.1, 0.15) is 5.56 Å². The molecule has 1 aromatic heterocycles. The van der Waals surface area contributed by atoms with Gasteiger partial charge in [-0.15, -0.1) is 0 Å². The molecule has 2 aliphatic heterocycles. The highest BCUT2D eigenvalue weighted by Gasteiger charge is 2.16. The van der Waals surface area contributed by atoms with Gasteiger partial charge < -0.3 is 10.1 Å². The van der Waals surface area contributed by atoms with Crippen LogP contribution in [0.25, 0.3) is 0 Å². The van der Waals surface area contributed by atoms with Crippen LogP contribution in [0.5, 0.6) is 0 Å². The Hall–Kier alpha value is -1.53. The van der Waals surface area contributed by atoms with E-state index in [0.717, 1.165) is 37.4 Å². The molecular formula is C14H18N4OS. The lowest BCUT2D eigenvalue weighted by molar-refractivity contribution is 0.256. The van der Waals surface area contributed by atoms with Crippen LogP contribution in [0.3, 0.4) is 0 Å². The smallest absolute Gasteiger partial charge is 0.158 e. The molecule has 1 aromatic rings. The summed E-state index contributed by atoms with van der Waals surface area (Å²) in [7, 11) is 0. The Morgan fingerprint density at radius 2 is 2.50 bits per heavy atom. The van der Waals surface area contributed by atoms with Gasteiger partial charge in [0.15, 0.2) is 5.17 Å². The second-order valence-corrected chi connectivity index (χ2v) is 5.87. The molecule has 1 atom stereocenters. The van der Waals surface area contributed by atoms with E-state index >= 15 is 0 Å². The van der Waals surface area contributed by atoms with Crippen LogP contribution in [0.2, 0.25) is 0 Å². The van der Waals surface area contributed by atoms with Gasteiger partial charge in [-0.1, -0.05) is 17.8 Å². The summed E-state index contributed by atoms with van der Waals surface area (Å²) in [6, 6.07) is 4.06. The van der Waals surface area contributed by atoms with E-state index < -0.39 is 0 Å². The number of pyridine rings is 1. The Labute approximate surface area is 123 Å². The number of amidine groups is 1. The van der Waals surface area contributed by atoms with Gasteiger partial charge in [0.1, 0.15) is 0 Å². The quantitative estimate of drug-likeness (QED) is 0.914. The fourth-order valence-corrected chi connectivity index (χ4v) is 2.99. The molecule has 0 aliphatic carbocycles. The first-order chi connectivity index (χ1) is 9.90. The molecule has 106 valence electrons. The summed E-state index contributed by atoms with van der Waals surface area (Å²) >= 11 is 1.77. The van der Waals surface area contributed by atoms with Crippen molar-refractivity contribution in [2.45, 2.75) is 6.54 Å². The van der Waals surface area contributed by atoms with Gasteiger partial charge in [-0.05, 0) is 17.7 Å². The molecule has 1 unspecified atom stereocenters. The molecule has 3 heterocycles. The lowest BCUT2D eigenvalue weighted by Crippen LogP contribution is -2.41. The summed E-state index contributed by atoms with van der Waals surface area (Å²) in [6.07, 6.45) is 7.61. The summed E-state index contributed by atoms with van der Waals surface area (Å²) in [5.41, 5.74) is 1.22. The number of nitrogens with zero attached hydrogens (tertiary/aromatic N) is 3. The van der Waals surface area contributed by atoms with Crippen LogP contribution in [-0.2, 0) is 11.3 Å². The van der Waals surface area contributed by atoms with Crippen LogP contribution < -0.4 is 5.32 Å². The van der Waals surface area contributed by atoms with Gasteiger partial charge in [-0.3, -0.25) is 9.88 Å². The molecule has 0 bridgehead atoms. The minimum Gasteiger partial charge on any atom is -0.501 e. The van der Waals surface area contributed by atoms with Crippen molar-refractivity contribution in [2.75, 3.05) is 25.7 Å². The maximum Gasteiger partial charge on any atom is 0.158 e. The second-order valence-electron chi connectivity index (χ2n) is 4.86. The molecule has 0 saturated heterocycles. The van der Waals surface area contributed by atoms with Crippen molar-refractivity contribution >= 4 is 16.9 Å². The number of hydrogen-bond donors (Lipinski definition) is 1. The molecular weight excluding hydrogens is 272 g/mol. The minimum absolute atomic E-state index is 0.512. The zero-order valence-corrected chi connectivity index (χ0v) is 12.1. The van der Waals surface area contributed by atoms with Crippen LogP contribution in [0.4, 0.5) is 0 Å². The molecule has 5 nitrogen and oxygen atoms in total. The predicted molar refractivity (Wildman–Crippen MR) is 81.1 cm³/mol. The number of hydrogen-bond acceptors (Lipinski definition) is 6. The normalized spacial score (nSPS) is 22.2. The van der Waals surface area contributed by atoms with E-state index in [4.69, 9.17) is 4.74 Å². The van der Waals surface area contributed by atoms with E-state index in [2.05, 4.69) is 32.3 Å². The number of nitrogens with one attached hydrogen (secondary N) is 1. The Balaban J connectivity index is 1.44. The molecule has 0 amide bonds. The van der Waals surface area contributed by atoms with Crippen LogP contribution in [0.15, 0.2) is 41.9 Å². The third kappa shape index (κ3) is 3.74. The third-order valence-corrected chi connectivity index (χ3v) is 4.33. The molecule has 0 radical (unpaired) electrons. The van der Waals surface area contributed by atoms with Gasteiger partial charge in [0.05, 0.1) is 26.2 Å². The molecule has 0 aromatic carbocycles. The van der Waals surface area contributed by atoms with Crippen molar-refractivity contribution in [1.29, 1.82) is 0 Å². The van der Waals surface area contributed by atoms with Crippen molar-refractivity contribution in [3.8, 4) is 0 Å². The van der Waals surface area contributed by atoms with E-state index in [0.29, 0.717) is 5.92 Å². The summed E-state index contributed by atoms with van der Waals surface area (Å²) in [5.74, 6) is 1.53. The summed E-state index contributed by atoms with van der Waals surface area (Å²) in [6.45, 7) is 3.24. The van der Waals surface area contributed by atoms with E-state index in [9.17, 15) is 0 Å². The fraction of sp³-hybridized carbons (Fsp3) is 0.429. The molecule has 0 saturated carbocycles. The van der Waals surface area contributed by atoms with E-state index in [1.54, 1.807) is 24.2 Å². The Kier molecular flexibility index (Phi) is 4.55. The first-order valence-corrected chi connectivity index (χ1v) is 7.69. The van der Waals surface area contributed by atoms with E-state index in [-0.39, 0.29) is 0 Å². The lowest BCUT2D eigenvalue weighted by atomic mass is 10.2. The standard InChI is InChI=1S/C14H18N4OS/c1-2-12(6-15-4-1)7-18-10-16-14(17-11-18)20-9-13-3-5-19-8-13/h1-6,13H,7-11H2,(H,16,17). The molecule has 6 heteroatoms. The summed E-state index contributed by atoms with van der Waals surface area (Å²) in [5, 5.41) is 4.40. The summed E-state index contributed by atoms with van der Waals surface area (Å²) < 4.78 is 5.21. The molecule has 2 aliphatic rings. The number of rotatable bonds is 4. The van der Waals surface area contributed by atoms with Gasteiger partial charge in [0.2, 0.25) is 0 Å². The minimum atomic E-state index is 0.512. The lowest BCUT2D eigenvalue weighted by Gasteiger charge is -2.26. The Morgan fingerprint density at radius 1 is 1.50 bits per heavy atom. The highest BCUT2D eigenvalue weighted by Crippen LogP contribution is 2.17. The largest absolute Gasteiger partial charge is 0.501 e. The second kappa shape index (κ2) is 6.76. The number of ether oxygens (including phenoxy) is 1. The molecule has 3 rings (SSSR count). The summed E-state index contributed by atoms with van der Waals surface area (Å²) in [4.78, 5) is 11.0. The zero-order chi connectivity index (χ0) is 13.6. The molecule has 0 spiro atoms. The van der Waals surface area contributed by atoms with Crippen molar-refractivity contribution in [3.05, 3.63) is 42.4 Å². The highest BCUT2D eigenvalue weighted by molar-refractivity contribution is 8.13. The van der Waals surface area contributed by atoms with Crippen LogP contribution >= 0.6 is 11.8 Å². The third-order valence-electron chi connectivity index (χ3n) is 3.19. The van der Waals surface area contributed by atoms with Crippen molar-refractivity contribution in [1.82, 2.24) is 15.2 Å². The van der Waals surface area contributed by atoms with E-state index in [1.807, 2.05) is 12.3 Å². The van der Waals surface area contributed by atoms with Crippen LogP contribution in [0, 0.1) is 5.92 Å². The number of thioether (sulfide) groups is 1. The SMILES string of the molecule is C1=CC(CSC2=NCN(Cc3cccnc3)CN2)CO1. The average Bonchev–Trinajstić information content (AvgIpc) is 3.01. The van der Waals surface area contributed by atoms with Crippen LogP contribution in [-0.4, -0.2) is 40.7 Å². The molecule has 1 N–H and O–H groups in total. The zero-order valence-electron chi connectivity index (χ0n) is 11.2. The maximum atomic E-state index is 5.21. The van der Waals surface area contributed by atoms with Gasteiger partial charge in [-0.25, -0.2) is 4.99 Å². The fourth-order valence-electron chi connectivity index (χ4n) is 2.09. The number of aliphatic imine (C=N–C) groups is 1. The predicted octanol–water partition coefficient (Wildman–Crippen LogP) is 1.65. The molecule has 0 fully saturated rings. The van der Waals surface area contributed by atoms with Gasteiger partial charge in [-0.2, -0.15) is 0 Å². The molecule has 20 heavy (non-hydrogen) atoms. The van der Waals surface area contributed by atoms with Gasteiger partial charge in [0, 0.05) is 30.6 Å². The average molecular weight is 290 g/mol. The van der Waals surface area contributed by atoms with Gasteiger partial charge in [0.25, 0.3) is 0 Å².